The summed E-state index contributed by atoms with van der Waals surface area (Å²) in [6, 6.07) is 21.6. The predicted octanol–water partition coefficient (Wildman–Crippen LogP) is 5.92. The van der Waals surface area contributed by atoms with Gasteiger partial charge in [-0.2, -0.15) is 0 Å². The summed E-state index contributed by atoms with van der Waals surface area (Å²) < 4.78 is 12.9. The Morgan fingerprint density at radius 3 is 2.50 bits per heavy atom. The number of carbonyl (C=O) groups is 1. The quantitative estimate of drug-likeness (QED) is 0.213. The van der Waals surface area contributed by atoms with Crippen LogP contribution in [0.25, 0.3) is 6.08 Å². The summed E-state index contributed by atoms with van der Waals surface area (Å²) in [6.07, 6.45) is 1.77. The van der Waals surface area contributed by atoms with E-state index >= 15 is 0 Å². The molecule has 1 aliphatic rings. The van der Waals surface area contributed by atoms with Gasteiger partial charge in [0.15, 0.2) is 11.5 Å². The largest absolute Gasteiger partial charge is 0.490 e. The molecule has 0 aromatic heterocycles. The van der Waals surface area contributed by atoms with Crippen LogP contribution in [0.3, 0.4) is 0 Å². The number of halogens is 1. The molecule has 0 fully saturated rings. The van der Waals surface area contributed by atoms with Gasteiger partial charge < -0.3 is 14.3 Å². The third kappa shape index (κ3) is 5.02. The molecule has 0 spiro atoms. The fraction of sp³-hybridized carbons (Fsp3) is 0.154. The highest BCUT2D eigenvalue weighted by molar-refractivity contribution is 14.1. The highest BCUT2D eigenvalue weighted by Gasteiger charge is 2.27. The molecule has 0 atom stereocenters. The average molecular weight is 539 g/mol. The summed E-state index contributed by atoms with van der Waals surface area (Å²) in [7, 11) is 0. The SMILES string of the molecule is CCOc1cc(/C=C2\C(=O)ON=C2c2ccccc2)cc(I)c1OCc1ccc(C)cc1. The molecule has 0 amide bonds. The van der Waals surface area contributed by atoms with Gasteiger partial charge in [0.2, 0.25) is 0 Å². The Hall–Kier alpha value is -3.13. The van der Waals surface area contributed by atoms with Gasteiger partial charge in [0.25, 0.3) is 0 Å². The lowest BCUT2D eigenvalue weighted by atomic mass is 10.0. The molecule has 3 aromatic rings. The van der Waals surface area contributed by atoms with Gasteiger partial charge in [-0.1, -0.05) is 65.3 Å². The van der Waals surface area contributed by atoms with Crippen molar-refractivity contribution in [1.82, 2.24) is 0 Å². The molecule has 0 saturated heterocycles. The van der Waals surface area contributed by atoms with E-state index in [9.17, 15) is 4.79 Å². The van der Waals surface area contributed by atoms with E-state index in [1.165, 1.54) is 5.56 Å². The van der Waals surface area contributed by atoms with Crippen LogP contribution in [-0.4, -0.2) is 18.3 Å². The number of hydrogen-bond donors (Lipinski definition) is 0. The Labute approximate surface area is 200 Å². The van der Waals surface area contributed by atoms with E-state index in [4.69, 9.17) is 14.3 Å². The number of benzene rings is 3. The lowest BCUT2D eigenvalue weighted by molar-refractivity contribution is -0.136. The number of aryl methyl sites for hydroxylation is 1. The van der Waals surface area contributed by atoms with Crippen molar-refractivity contribution in [2.24, 2.45) is 5.16 Å². The number of hydrogen-bond acceptors (Lipinski definition) is 5. The third-order valence-electron chi connectivity index (χ3n) is 4.89. The zero-order valence-electron chi connectivity index (χ0n) is 17.8. The molecule has 3 aromatic carbocycles. The number of nitrogens with zero attached hydrogens (tertiary/aromatic N) is 1. The highest BCUT2D eigenvalue weighted by atomic mass is 127. The molecule has 1 heterocycles. The van der Waals surface area contributed by atoms with Gasteiger partial charge in [0.1, 0.15) is 12.3 Å². The van der Waals surface area contributed by atoms with Crippen LogP contribution in [0.5, 0.6) is 11.5 Å². The summed E-state index contributed by atoms with van der Waals surface area (Å²) in [5.41, 5.74) is 4.84. The van der Waals surface area contributed by atoms with Crippen LogP contribution in [0, 0.1) is 10.5 Å². The molecule has 0 saturated carbocycles. The number of carbonyl (C=O) groups excluding carboxylic acids is 1. The van der Waals surface area contributed by atoms with Crippen LogP contribution in [0.1, 0.15) is 29.2 Å². The molecular weight excluding hydrogens is 517 g/mol. The van der Waals surface area contributed by atoms with E-state index in [1.54, 1.807) is 6.08 Å². The summed E-state index contributed by atoms with van der Waals surface area (Å²) >= 11 is 2.23. The van der Waals surface area contributed by atoms with Crippen molar-refractivity contribution < 1.29 is 19.1 Å². The minimum Gasteiger partial charge on any atom is -0.490 e. The van der Waals surface area contributed by atoms with E-state index < -0.39 is 5.97 Å². The van der Waals surface area contributed by atoms with Crippen LogP contribution in [0.4, 0.5) is 0 Å². The maximum absolute atomic E-state index is 12.3. The fourth-order valence-electron chi connectivity index (χ4n) is 3.29. The van der Waals surface area contributed by atoms with Crippen molar-refractivity contribution in [3.05, 3.63) is 98.1 Å². The highest BCUT2D eigenvalue weighted by Crippen LogP contribution is 2.36. The summed E-state index contributed by atoms with van der Waals surface area (Å²) in [5.74, 6) is 0.834. The molecule has 6 heteroatoms. The smallest absolute Gasteiger partial charge is 0.368 e. The number of ether oxygens (including phenoxy) is 2. The average Bonchev–Trinajstić information content (AvgIpc) is 3.15. The van der Waals surface area contributed by atoms with Crippen molar-refractivity contribution in [2.75, 3.05) is 6.61 Å². The van der Waals surface area contributed by atoms with Gasteiger partial charge >= 0.3 is 5.97 Å². The molecule has 0 unspecified atom stereocenters. The van der Waals surface area contributed by atoms with Crippen molar-refractivity contribution in [3.63, 3.8) is 0 Å². The van der Waals surface area contributed by atoms with Gasteiger partial charge in [0, 0.05) is 5.56 Å². The summed E-state index contributed by atoms with van der Waals surface area (Å²) in [5, 5.41) is 3.97. The topological polar surface area (TPSA) is 57.1 Å². The van der Waals surface area contributed by atoms with E-state index in [0.29, 0.717) is 36.0 Å². The molecule has 162 valence electrons. The Bertz CT molecular complexity index is 1180. The molecule has 1 aliphatic heterocycles. The van der Waals surface area contributed by atoms with Crippen LogP contribution < -0.4 is 9.47 Å². The van der Waals surface area contributed by atoms with Gasteiger partial charge in [-0.15, -0.1) is 0 Å². The van der Waals surface area contributed by atoms with E-state index in [0.717, 1.165) is 20.3 Å². The van der Waals surface area contributed by atoms with Crippen molar-refractivity contribution in [1.29, 1.82) is 0 Å². The van der Waals surface area contributed by atoms with Gasteiger partial charge in [-0.3, -0.25) is 0 Å². The van der Waals surface area contributed by atoms with Crippen LogP contribution >= 0.6 is 22.6 Å². The van der Waals surface area contributed by atoms with Crippen molar-refractivity contribution >= 4 is 40.3 Å². The second kappa shape index (κ2) is 9.99. The first-order valence-corrected chi connectivity index (χ1v) is 11.3. The second-order valence-electron chi connectivity index (χ2n) is 7.28. The summed E-state index contributed by atoms with van der Waals surface area (Å²) in [6.45, 7) is 4.92. The first-order chi connectivity index (χ1) is 15.5. The molecule has 5 nitrogen and oxygen atoms in total. The van der Waals surface area contributed by atoms with Crippen molar-refractivity contribution in [3.8, 4) is 11.5 Å². The number of rotatable bonds is 7. The first kappa shape index (κ1) is 22.1. The molecular formula is C26H22INO4. The zero-order valence-corrected chi connectivity index (χ0v) is 20.0. The molecule has 0 bridgehead atoms. The fourth-order valence-corrected chi connectivity index (χ4v) is 4.08. The van der Waals surface area contributed by atoms with E-state index in [2.05, 4.69) is 58.9 Å². The zero-order chi connectivity index (χ0) is 22.5. The number of oxime groups is 1. The molecule has 0 N–H and O–H groups in total. The standard InChI is InChI=1S/C26H22INO4/c1-3-30-23-15-19(13-21-24(28-32-26(21)29)20-7-5-4-6-8-20)14-22(27)25(23)31-16-18-11-9-17(2)10-12-18/h4-15H,3,16H2,1-2H3/b21-13-. The van der Waals surface area contributed by atoms with Crippen LogP contribution in [-0.2, 0) is 16.2 Å². The van der Waals surface area contributed by atoms with Gasteiger partial charge in [-0.25, -0.2) is 4.79 Å². The lowest BCUT2D eigenvalue weighted by Gasteiger charge is -2.15. The first-order valence-electron chi connectivity index (χ1n) is 10.3. The Morgan fingerprint density at radius 1 is 1.03 bits per heavy atom. The predicted molar refractivity (Wildman–Crippen MR) is 133 cm³/mol. The molecule has 32 heavy (non-hydrogen) atoms. The second-order valence-corrected chi connectivity index (χ2v) is 8.44. The Balaban J connectivity index is 1.64. The Morgan fingerprint density at radius 2 is 1.78 bits per heavy atom. The minimum atomic E-state index is -0.475. The summed E-state index contributed by atoms with van der Waals surface area (Å²) in [4.78, 5) is 17.3. The van der Waals surface area contributed by atoms with Crippen molar-refractivity contribution in [2.45, 2.75) is 20.5 Å². The van der Waals surface area contributed by atoms with Crippen LogP contribution in [0.2, 0.25) is 0 Å². The minimum absolute atomic E-state index is 0.405. The van der Waals surface area contributed by atoms with E-state index in [1.807, 2.05) is 49.4 Å². The van der Waals surface area contributed by atoms with Crippen LogP contribution in [0.15, 0.2) is 77.5 Å². The molecule has 0 aliphatic carbocycles. The normalized spacial score (nSPS) is 14.3. The molecule has 4 rings (SSSR count). The molecule has 0 radical (unpaired) electrons. The van der Waals surface area contributed by atoms with Gasteiger partial charge in [0.05, 0.1) is 15.8 Å². The monoisotopic (exact) mass is 539 g/mol. The van der Waals surface area contributed by atoms with Gasteiger partial charge in [-0.05, 0) is 65.8 Å². The van der Waals surface area contributed by atoms with E-state index in [-0.39, 0.29) is 0 Å². The Kier molecular flexibility index (Phi) is 6.90. The third-order valence-corrected chi connectivity index (χ3v) is 5.69. The maximum Gasteiger partial charge on any atom is 0.368 e. The maximum atomic E-state index is 12.3. The lowest BCUT2D eigenvalue weighted by Crippen LogP contribution is -2.07.